The summed E-state index contributed by atoms with van der Waals surface area (Å²) in [4.78, 5) is 14.9. The van der Waals surface area contributed by atoms with Crippen molar-refractivity contribution in [2.75, 3.05) is 19.8 Å². The molecule has 2 atom stereocenters. The third kappa shape index (κ3) is 3.66. The first-order valence-electron chi connectivity index (χ1n) is 8.34. The number of carbonyl (C=O) groups excluding carboxylic acids is 1. The van der Waals surface area contributed by atoms with Crippen LogP contribution in [0, 0.1) is 0 Å². The quantitative estimate of drug-likeness (QED) is 0.940. The van der Waals surface area contributed by atoms with Crippen LogP contribution in [0.5, 0.6) is 0 Å². The maximum Gasteiger partial charge on any atom is 0.254 e. The number of benzene rings is 2. The van der Waals surface area contributed by atoms with Crippen LogP contribution in [-0.2, 0) is 11.2 Å². The van der Waals surface area contributed by atoms with E-state index in [4.69, 9.17) is 4.74 Å². The van der Waals surface area contributed by atoms with E-state index < -0.39 is 0 Å². The van der Waals surface area contributed by atoms with Gasteiger partial charge in [-0.2, -0.15) is 0 Å². The molecule has 1 saturated heterocycles. The lowest BCUT2D eigenvalue weighted by molar-refractivity contribution is -0.0667. The van der Waals surface area contributed by atoms with E-state index in [1.807, 2.05) is 54.3 Å². The molecule has 1 fully saturated rings. The Hall–Kier alpha value is -2.17. The predicted octanol–water partition coefficient (Wildman–Crippen LogP) is 2.50. The lowest BCUT2D eigenvalue weighted by Gasteiger charge is -2.37. The Morgan fingerprint density at radius 1 is 1.17 bits per heavy atom. The minimum Gasteiger partial charge on any atom is -0.394 e. The molecule has 4 nitrogen and oxygen atoms in total. The van der Waals surface area contributed by atoms with Crippen LogP contribution in [0.1, 0.15) is 28.4 Å². The topological polar surface area (TPSA) is 49.8 Å². The average Bonchev–Trinajstić information content (AvgIpc) is 2.63. The zero-order chi connectivity index (χ0) is 16.9. The van der Waals surface area contributed by atoms with Gasteiger partial charge < -0.3 is 14.7 Å². The van der Waals surface area contributed by atoms with E-state index in [2.05, 4.69) is 12.1 Å². The summed E-state index contributed by atoms with van der Waals surface area (Å²) in [5, 5.41) is 9.33. The van der Waals surface area contributed by atoms with Gasteiger partial charge in [-0.05, 0) is 30.5 Å². The van der Waals surface area contributed by atoms with Crippen molar-refractivity contribution in [2.24, 2.45) is 0 Å². The molecule has 0 saturated carbocycles. The maximum atomic E-state index is 13.1. The van der Waals surface area contributed by atoms with Crippen LogP contribution in [0.2, 0.25) is 0 Å². The van der Waals surface area contributed by atoms with Crippen LogP contribution in [0.4, 0.5) is 0 Å². The van der Waals surface area contributed by atoms with Crippen molar-refractivity contribution in [3.63, 3.8) is 0 Å². The molecule has 0 radical (unpaired) electrons. The Morgan fingerprint density at radius 3 is 2.62 bits per heavy atom. The highest BCUT2D eigenvalue weighted by Gasteiger charge is 2.30. The summed E-state index contributed by atoms with van der Waals surface area (Å²) in [6.07, 6.45) is 0.427. The van der Waals surface area contributed by atoms with E-state index in [9.17, 15) is 9.90 Å². The molecule has 2 unspecified atom stereocenters. The minimum atomic E-state index is -0.300. The van der Waals surface area contributed by atoms with Gasteiger partial charge in [0, 0.05) is 12.1 Å². The Balaban J connectivity index is 1.84. The van der Waals surface area contributed by atoms with E-state index in [1.165, 1.54) is 5.56 Å². The molecule has 1 aliphatic heterocycles. The van der Waals surface area contributed by atoms with E-state index in [0.717, 1.165) is 17.5 Å². The molecule has 0 spiro atoms. The second-order valence-electron chi connectivity index (χ2n) is 6.26. The zero-order valence-electron chi connectivity index (χ0n) is 13.9. The molecule has 2 aromatic carbocycles. The fourth-order valence-corrected chi connectivity index (χ4v) is 3.06. The van der Waals surface area contributed by atoms with Crippen LogP contribution >= 0.6 is 0 Å². The van der Waals surface area contributed by atoms with Crippen molar-refractivity contribution >= 4 is 5.91 Å². The van der Waals surface area contributed by atoms with Gasteiger partial charge in [0.05, 0.1) is 25.4 Å². The number of ether oxygens (including phenoxy) is 1. The smallest absolute Gasteiger partial charge is 0.254 e. The lowest BCUT2D eigenvalue weighted by atomic mass is 9.98. The standard InChI is InChI=1S/C20H23NO3/c1-15-14-24-18(13-22)12-21(15)20(23)19-10-6-5-9-17(19)11-16-7-3-2-4-8-16/h2-10,15,18,22H,11-14H2,1H3. The largest absolute Gasteiger partial charge is 0.394 e. The summed E-state index contributed by atoms with van der Waals surface area (Å²) in [6.45, 7) is 2.79. The number of rotatable bonds is 4. The van der Waals surface area contributed by atoms with Gasteiger partial charge in [0.2, 0.25) is 0 Å². The van der Waals surface area contributed by atoms with Crippen molar-refractivity contribution in [3.8, 4) is 0 Å². The van der Waals surface area contributed by atoms with Crippen LogP contribution in [0.25, 0.3) is 0 Å². The number of aliphatic hydroxyl groups is 1. The number of hydrogen-bond acceptors (Lipinski definition) is 3. The van der Waals surface area contributed by atoms with Crippen molar-refractivity contribution in [1.82, 2.24) is 4.90 Å². The highest BCUT2D eigenvalue weighted by atomic mass is 16.5. The Kier molecular flexibility index (Phi) is 5.28. The lowest BCUT2D eigenvalue weighted by Crippen LogP contribution is -2.52. The summed E-state index contributed by atoms with van der Waals surface area (Å²) < 4.78 is 5.54. The van der Waals surface area contributed by atoms with Crippen LogP contribution < -0.4 is 0 Å². The maximum absolute atomic E-state index is 13.1. The molecule has 1 aliphatic rings. The van der Waals surface area contributed by atoms with Gasteiger partial charge in [0.15, 0.2) is 0 Å². The number of carbonyl (C=O) groups is 1. The molecule has 1 N–H and O–H groups in total. The summed E-state index contributed by atoms with van der Waals surface area (Å²) in [5.74, 6) is 0.00998. The van der Waals surface area contributed by atoms with Crippen LogP contribution in [0.15, 0.2) is 54.6 Å². The van der Waals surface area contributed by atoms with Crippen LogP contribution in [-0.4, -0.2) is 47.8 Å². The highest BCUT2D eigenvalue weighted by molar-refractivity contribution is 5.96. The number of hydrogen-bond donors (Lipinski definition) is 1. The SMILES string of the molecule is CC1COC(CO)CN1C(=O)c1ccccc1Cc1ccccc1. The highest BCUT2D eigenvalue weighted by Crippen LogP contribution is 2.20. The van der Waals surface area contributed by atoms with Gasteiger partial charge in [-0.15, -0.1) is 0 Å². The molecule has 0 bridgehead atoms. The van der Waals surface area contributed by atoms with Gasteiger partial charge in [0.1, 0.15) is 0 Å². The first-order chi connectivity index (χ1) is 11.7. The Labute approximate surface area is 142 Å². The van der Waals surface area contributed by atoms with E-state index >= 15 is 0 Å². The zero-order valence-corrected chi connectivity index (χ0v) is 13.9. The van der Waals surface area contributed by atoms with E-state index in [0.29, 0.717) is 13.2 Å². The molecule has 126 valence electrons. The third-order valence-electron chi connectivity index (χ3n) is 4.46. The molecule has 4 heteroatoms. The normalized spacial score (nSPS) is 20.8. The summed E-state index contributed by atoms with van der Waals surface area (Å²) in [6, 6.07) is 17.9. The summed E-state index contributed by atoms with van der Waals surface area (Å²) in [7, 11) is 0. The van der Waals surface area contributed by atoms with Gasteiger partial charge in [-0.1, -0.05) is 48.5 Å². The molecule has 0 aliphatic carbocycles. The van der Waals surface area contributed by atoms with Crippen molar-refractivity contribution in [3.05, 3.63) is 71.3 Å². The number of morpholine rings is 1. The summed E-state index contributed by atoms with van der Waals surface area (Å²) >= 11 is 0. The van der Waals surface area contributed by atoms with E-state index in [-0.39, 0.29) is 24.7 Å². The van der Waals surface area contributed by atoms with Gasteiger partial charge >= 0.3 is 0 Å². The Morgan fingerprint density at radius 2 is 1.88 bits per heavy atom. The molecular weight excluding hydrogens is 302 g/mol. The molecule has 1 heterocycles. The molecule has 3 rings (SSSR count). The summed E-state index contributed by atoms with van der Waals surface area (Å²) in [5.41, 5.74) is 2.93. The van der Waals surface area contributed by atoms with Crippen molar-refractivity contribution < 1.29 is 14.6 Å². The van der Waals surface area contributed by atoms with Gasteiger partial charge in [0.25, 0.3) is 5.91 Å². The molecule has 24 heavy (non-hydrogen) atoms. The minimum absolute atomic E-state index is 0.00471. The fraction of sp³-hybridized carbons (Fsp3) is 0.350. The first-order valence-corrected chi connectivity index (χ1v) is 8.34. The number of nitrogens with zero attached hydrogens (tertiary/aromatic N) is 1. The Bertz CT molecular complexity index is 686. The average molecular weight is 325 g/mol. The van der Waals surface area contributed by atoms with Crippen molar-refractivity contribution in [1.29, 1.82) is 0 Å². The first kappa shape index (κ1) is 16.7. The second kappa shape index (κ2) is 7.60. The second-order valence-corrected chi connectivity index (χ2v) is 6.26. The monoisotopic (exact) mass is 325 g/mol. The number of amides is 1. The predicted molar refractivity (Wildman–Crippen MR) is 93.0 cm³/mol. The third-order valence-corrected chi connectivity index (χ3v) is 4.46. The molecular formula is C20H23NO3. The molecule has 0 aromatic heterocycles. The van der Waals surface area contributed by atoms with Gasteiger partial charge in [-0.3, -0.25) is 4.79 Å². The van der Waals surface area contributed by atoms with Gasteiger partial charge in [-0.25, -0.2) is 0 Å². The number of aliphatic hydroxyl groups excluding tert-OH is 1. The molecule has 1 amide bonds. The van der Waals surface area contributed by atoms with Crippen molar-refractivity contribution in [2.45, 2.75) is 25.5 Å². The molecule has 2 aromatic rings. The fourth-order valence-electron chi connectivity index (χ4n) is 3.06. The van der Waals surface area contributed by atoms with Crippen LogP contribution in [0.3, 0.4) is 0 Å². The van der Waals surface area contributed by atoms with E-state index in [1.54, 1.807) is 0 Å².